The van der Waals surface area contributed by atoms with Gasteiger partial charge in [-0.25, -0.2) is 8.42 Å². The van der Waals surface area contributed by atoms with E-state index in [-0.39, 0.29) is 29.8 Å². The number of sulfonamides is 1. The van der Waals surface area contributed by atoms with Gasteiger partial charge < -0.3 is 10.6 Å². The third-order valence-corrected chi connectivity index (χ3v) is 6.60. The second kappa shape index (κ2) is 7.53. The number of hydrogen-bond donors (Lipinski definition) is 2. The second-order valence-electron chi connectivity index (χ2n) is 6.58. The highest BCUT2D eigenvalue weighted by molar-refractivity contribution is 7.89. The molecule has 2 aliphatic rings. The summed E-state index contributed by atoms with van der Waals surface area (Å²) in [5.74, 6) is -0.0663. The van der Waals surface area contributed by atoms with Crippen LogP contribution in [0, 0.1) is 5.92 Å². The summed E-state index contributed by atoms with van der Waals surface area (Å²) in [5, 5.41) is 5.49. The lowest BCUT2D eigenvalue weighted by Gasteiger charge is -2.26. The molecule has 0 spiro atoms. The Morgan fingerprint density at radius 3 is 2.76 bits per heavy atom. The lowest BCUT2D eigenvalue weighted by Crippen LogP contribution is -2.49. The maximum absolute atomic E-state index is 12.7. The van der Waals surface area contributed by atoms with Crippen LogP contribution in [0.1, 0.15) is 36.0 Å². The predicted molar refractivity (Wildman–Crippen MR) is 92.5 cm³/mol. The molecule has 3 rings (SSSR count). The van der Waals surface area contributed by atoms with Crippen molar-refractivity contribution in [3.05, 3.63) is 29.8 Å². The number of nitrogens with one attached hydrogen (secondary N) is 2. The molecule has 8 heteroatoms. The first kappa shape index (κ1) is 17.9. The van der Waals surface area contributed by atoms with Gasteiger partial charge in [-0.3, -0.25) is 9.59 Å². The molecule has 136 valence electrons. The molecule has 2 N–H and O–H groups in total. The molecule has 2 fully saturated rings. The van der Waals surface area contributed by atoms with Crippen LogP contribution in [0.3, 0.4) is 0 Å². The van der Waals surface area contributed by atoms with E-state index in [1.165, 1.54) is 25.0 Å². The van der Waals surface area contributed by atoms with Crippen molar-refractivity contribution in [3.63, 3.8) is 0 Å². The summed E-state index contributed by atoms with van der Waals surface area (Å²) in [6.07, 6.45) is 4.67. The van der Waals surface area contributed by atoms with Gasteiger partial charge in [0.05, 0.1) is 11.4 Å². The summed E-state index contributed by atoms with van der Waals surface area (Å²) in [6, 6.07) is 5.99. The first-order chi connectivity index (χ1) is 12.0. The van der Waals surface area contributed by atoms with Crippen molar-refractivity contribution in [2.45, 2.75) is 30.6 Å². The number of amides is 2. The zero-order chi connectivity index (χ0) is 17.9. The molecule has 0 unspecified atom stereocenters. The molecule has 25 heavy (non-hydrogen) atoms. The van der Waals surface area contributed by atoms with Crippen LogP contribution in [0.2, 0.25) is 0 Å². The lowest BCUT2D eigenvalue weighted by molar-refractivity contribution is -0.122. The Hall–Kier alpha value is -1.93. The highest BCUT2D eigenvalue weighted by Gasteiger charge is 2.29. The molecule has 1 aromatic carbocycles. The Morgan fingerprint density at radius 2 is 2.04 bits per heavy atom. The van der Waals surface area contributed by atoms with E-state index >= 15 is 0 Å². The van der Waals surface area contributed by atoms with Crippen LogP contribution in [0.15, 0.2) is 29.2 Å². The van der Waals surface area contributed by atoms with E-state index < -0.39 is 10.0 Å². The van der Waals surface area contributed by atoms with E-state index in [0.29, 0.717) is 24.6 Å². The molecule has 7 nitrogen and oxygen atoms in total. The van der Waals surface area contributed by atoms with Crippen LogP contribution in [0.4, 0.5) is 0 Å². The van der Waals surface area contributed by atoms with Gasteiger partial charge in [-0.1, -0.05) is 18.9 Å². The molecular formula is C17H23N3O4S. The minimum Gasteiger partial charge on any atom is -0.354 e. The van der Waals surface area contributed by atoms with E-state index in [1.807, 2.05) is 0 Å². The van der Waals surface area contributed by atoms with Gasteiger partial charge >= 0.3 is 0 Å². The molecule has 1 saturated heterocycles. The average molecular weight is 365 g/mol. The Morgan fingerprint density at radius 1 is 1.28 bits per heavy atom. The minimum atomic E-state index is -3.79. The Kier molecular flexibility index (Phi) is 5.39. The van der Waals surface area contributed by atoms with Gasteiger partial charge in [0, 0.05) is 25.2 Å². The second-order valence-corrected chi connectivity index (χ2v) is 8.51. The molecule has 1 saturated carbocycles. The molecule has 1 heterocycles. The zero-order valence-electron chi connectivity index (χ0n) is 14.0. The first-order valence-corrected chi connectivity index (χ1v) is 10.1. The van der Waals surface area contributed by atoms with Crippen molar-refractivity contribution in [1.29, 1.82) is 0 Å². The highest BCUT2D eigenvalue weighted by Crippen LogP contribution is 2.24. The topological polar surface area (TPSA) is 95.6 Å². The minimum absolute atomic E-state index is 0.0377. The van der Waals surface area contributed by atoms with Gasteiger partial charge in [-0.2, -0.15) is 4.31 Å². The zero-order valence-corrected chi connectivity index (χ0v) is 14.8. The first-order valence-electron chi connectivity index (χ1n) is 8.62. The molecule has 0 atom stereocenters. The van der Waals surface area contributed by atoms with Crippen molar-refractivity contribution >= 4 is 21.8 Å². The smallest absolute Gasteiger partial charge is 0.251 e. The van der Waals surface area contributed by atoms with Gasteiger partial charge in [0.1, 0.15) is 0 Å². The van der Waals surface area contributed by atoms with E-state index in [1.54, 1.807) is 12.1 Å². The van der Waals surface area contributed by atoms with E-state index in [4.69, 9.17) is 0 Å². The molecule has 0 bridgehead atoms. The number of benzene rings is 1. The van der Waals surface area contributed by atoms with Crippen LogP contribution >= 0.6 is 0 Å². The Labute approximate surface area is 147 Å². The average Bonchev–Trinajstić information content (AvgIpc) is 3.13. The molecule has 1 aliphatic heterocycles. The van der Waals surface area contributed by atoms with Gasteiger partial charge in [0.25, 0.3) is 5.91 Å². The summed E-state index contributed by atoms with van der Waals surface area (Å²) >= 11 is 0. The molecule has 1 aromatic rings. The van der Waals surface area contributed by atoms with E-state index in [2.05, 4.69) is 10.6 Å². The molecule has 2 amide bonds. The quantitative estimate of drug-likeness (QED) is 0.804. The van der Waals surface area contributed by atoms with Crippen LogP contribution < -0.4 is 10.6 Å². The number of hydrogen-bond acceptors (Lipinski definition) is 4. The normalized spacial score (nSPS) is 19.6. The molecule has 0 radical (unpaired) electrons. The van der Waals surface area contributed by atoms with Gasteiger partial charge in [-0.05, 0) is 37.0 Å². The number of carbonyl (C=O) groups excluding carboxylic acids is 2. The summed E-state index contributed by atoms with van der Waals surface area (Å²) in [7, 11) is -3.79. The van der Waals surface area contributed by atoms with Gasteiger partial charge in [0.2, 0.25) is 15.9 Å². The predicted octanol–water partition coefficient (Wildman–Crippen LogP) is 0.727. The fourth-order valence-corrected chi connectivity index (χ4v) is 4.76. The fourth-order valence-electron chi connectivity index (χ4n) is 3.32. The number of nitrogens with zero attached hydrogens (tertiary/aromatic N) is 1. The molecule has 0 aromatic heterocycles. The van der Waals surface area contributed by atoms with E-state index in [0.717, 1.165) is 17.1 Å². The monoisotopic (exact) mass is 365 g/mol. The summed E-state index contributed by atoms with van der Waals surface area (Å²) in [4.78, 5) is 23.8. The number of carbonyl (C=O) groups is 2. The highest BCUT2D eigenvalue weighted by atomic mass is 32.2. The van der Waals surface area contributed by atoms with Crippen LogP contribution in [0.5, 0.6) is 0 Å². The third kappa shape index (κ3) is 4.19. The third-order valence-electron chi connectivity index (χ3n) is 4.76. The maximum atomic E-state index is 12.7. The molecular weight excluding hydrogens is 342 g/mol. The Balaban J connectivity index is 1.71. The number of piperazine rings is 1. The van der Waals surface area contributed by atoms with Crippen molar-refractivity contribution in [3.8, 4) is 0 Å². The standard InChI is InChI=1S/C17H23N3O4S/c21-16-12-20(9-8-18-16)25(23,24)15-7-3-6-14(10-15)17(22)19-11-13-4-1-2-5-13/h3,6-7,10,13H,1-2,4-5,8-9,11-12H2,(H,18,21)(H,19,22). The Bertz CT molecular complexity index is 757. The van der Waals surface area contributed by atoms with Crippen molar-refractivity contribution in [2.24, 2.45) is 5.92 Å². The molecule has 1 aliphatic carbocycles. The van der Waals surface area contributed by atoms with Crippen LogP contribution in [-0.4, -0.2) is 50.7 Å². The maximum Gasteiger partial charge on any atom is 0.251 e. The van der Waals surface area contributed by atoms with Crippen molar-refractivity contribution in [2.75, 3.05) is 26.2 Å². The number of rotatable bonds is 5. The SMILES string of the molecule is O=C1CN(S(=O)(=O)c2cccc(C(=O)NCC3CCCC3)c2)CCN1. The lowest BCUT2D eigenvalue weighted by atomic mass is 10.1. The van der Waals surface area contributed by atoms with Crippen LogP contribution in [0.25, 0.3) is 0 Å². The largest absolute Gasteiger partial charge is 0.354 e. The van der Waals surface area contributed by atoms with Crippen LogP contribution in [-0.2, 0) is 14.8 Å². The van der Waals surface area contributed by atoms with Gasteiger partial charge in [-0.15, -0.1) is 0 Å². The van der Waals surface area contributed by atoms with Gasteiger partial charge in [0.15, 0.2) is 0 Å². The summed E-state index contributed by atoms with van der Waals surface area (Å²) in [6.45, 7) is 0.953. The summed E-state index contributed by atoms with van der Waals surface area (Å²) in [5.41, 5.74) is 0.320. The van der Waals surface area contributed by atoms with Crippen molar-refractivity contribution < 1.29 is 18.0 Å². The fraction of sp³-hybridized carbons (Fsp3) is 0.529. The van der Waals surface area contributed by atoms with E-state index in [9.17, 15) is 18.0 Å². The summed E-state index contributed by atoms with van der Waals surface area (Å²) < 4.78 is 26.5. The van der Waals surface area contributed by atoms with Crippen molar-refractivity contribution in [1.82, 2.24) is 14.9 Å².